The fourth-order valence-corrected chi connectivity index (χ4v) is 5.26. The van der Waals surface area contributed by atoms with E-state index in [0.717, 1.165) is 43.5 Å². The average Bonchev–Trinajstić information content (AvgIpc) is 2.53. The van der Waals surface area contributed by atoms with E-state index in [4.69, 9.17) is 0 Å². The Balaban J connectivity index is 1.78. The van der Waals surface area contributed by atoms with Gasteiger partial charge in [-0.1, -0.05) is 19.3 Å². The molecule has 1 aliphatic carbocycles. The normalized spacial score (nSPS) is 26.7. The Kier molecular flexibility index (Phi) is 4.44. The van der Waals surface area contributed by atoms with Crippen LogP contribution >= 0.6 is 0 Å². The maximum atomic E-state index is 12.7. The highest BCUT2D eigenvalue weighted by atomic mass is 32.2. The number of hydrogen-bond donors (Lipinski definition) is 0. The maximum Gasteiger partial charge on any atom is 0.416 e. The van der Waals surface area contributed by atoms with Crippen molar-refractivity contribution >= 4 is 10.0 Å². The van der Waals surface area contributed by atoms with E-state index < -0.39 is 21.8 Å². The van der Waals surface area contributed by atoms with Crippen molar-refractivity contribution in [2.75, 3.05) is 13.1 Å². The minimum Gasteiger partial charge on any atom is -0.207 e. The van der Waals surface area contributed by atoms with Crippen LogP contribution in [0.15, 0.2) is 29.2 Å². The molecule has 1 aromatic rings. The zero-order valence-electron chi connectivity index (χ0n) is 12.7. The second-order valence-electron chi connectivity index (χ2n) is 6.48. The number of piperidine rings is 1. The number of sulfonamides is 1. The van der Waals surface area contributed by atoms with Crippen LogP contribution in [0.5, 0.6) is 0 Å². The first-order valence-electron chi connectivity index (χ1n) is 7.96. The van der Waals surface area contributed by atoms with Crippen molar-refractivity contribution in [1.29, 1.82) is 0 Å². The Morgan fingerprint density at radius 2 is 1.57 bits per heavy atom. The molecule has 2 fully saturated rings. The number of nitrogens with zero attached hydrogens (tertiary/aromatic N) is 1. The largest absolute Gasteiger partial charge is 0.416 e. The maximum absolute atomic E-state index is 12.7. The third-order valence-electron chi connectivity index (χ3n) is 5.07. The summed E-state index contributed by atoms with van der Waals surface area (Å²) in [5.74, 6) is 0.990. The van der Waals surface area contributed by atoms with E-state index >= 15 is 0 Å². The van der Waals surface area contributed by atoms with Crippen LogP contribution in [0.2, 0.25) is 0 Å². The summed E-state index contributed by atoms with van der Waals surface area (Å²) in [5.41, 5.74) is -0.831. The van der Waals surface area contributed by atoms with Crippen molar-refractivity contribution in [3.63, 3.8) is 0 Å². The first-order chi connectivity index (χ1) is 10.8. The molecular weight excluding hydrogens is 327 g/mol. The molecule has 3 rings (SSSR count). The molecular formula is C16H20F3NO2S. The molecule has 1 saturated heterocycles. The van der Waals surface area contributed by atoms with Crippen molar-refractivity contribution in [2.45, 2.75) is 43.2 Å². The molecule has 0 spiro atoms. The second-order valence-corrected chi connectivity index (χ2v) is 8.42. The Hall–Kier alpha value is -1.08. The molecule has 1 aliphatic heterocycles. The highest BCUT2D eigenvalue weighted by Crippen LogP contribution is 2.38. The molecule has 2 aliphatic rings. The van der Waals surface area contributed by atoms with Crippen LogP contribution in [0.25, 0.3) is 0 Å². The first kappa shape index (κ1) is 16.8. The zero-order chi connectivity index (χ0) is 16.7. The summed E-state index contributed by atoms with van der Waals surface area (Å²) in [6.45, 7) is 0.957. The fraction of sp³-hybridized carbons (Fsp3) is 0.625. The van der Waals surface area contributed by atoms with Gasteiger partial charge in [0.1, 0.15) is 0 Å². The molecule has 0 N–H and O–H groups in total. The van der Waals surface area contributed by atoms with Crippen LogP contribution in [0.1, 0.15) is 37.7 Å². The van der Waals surface area contributed by atoms with Crippen LogP contribution < -0.4 is 0 Å². The Morgan fingerprint density at radius 3 is 2.17 bits per heavy atom. The molecule has 1 saturated carbocycles. The highest BCUT2D eigenvalue weighted by molar-refractivity contribution is 7.89. The fourth-order valence-electron chi connectivity index (χ4n) is 3.75. The quantitative estimate of drug-likeness (QED) is 0.813. The van der Waals surface area contributed by atoms with Gasteiger partial charge in [-0.25, -0.2) is 8.42 Å². The van der Waals surface area contributed by atoms with Crippen molar-refractivity contribution < 1.29 is 21.6 Å². The summed E-state index contributed by atoms with van der Waals surface area (Å²) in [5, 5.41) is 0. The van der Waals surface area contributed by atoms with Gasteiger partial charge in [0.25, 0.3) is 0 Å². The molecule has 23 heavy (non-hydrogen) atoms. The van der Waals surface area contributed by atoms with E-state index in [2.05, 4.69) is 0 Å². The Labute approximate surface area is 134 Å². The molecule has 7 heteroatoms. The Bertz CT molecular complexity index is 655. The van der Waals surface area contributed by atoms with Gasteiger partial charge in [0.15, 0.2) is 0 Å². The number of hydrogen-bond acceptors (Lipinski definition) is 2. The summed E-state index contributed by atoms with van der Waals surface area (Å²) in [4.78, 5) is -0.0558. The standard InChI is InChI=1S/C16H20F3NO2S/c17-16(18,19)14-5-7-15(8-6-14)23(21,22)20-10-9-12-3-1-2-4-13(12)11-20/h5-8,12-13H,1-4,9-11H2/t12-,13-/m1/s1. The molecule has 2 atom stereocenters. The van der Waals surface area contributed by atoms with E-state index in [0.29, 0.717) is 24.9 Å². The van der Waals surface area contributed by atoms with Crippen molar-refractivity contribution in [1.82, 2.24) is 4.31 Å². The van der Waals surface area contributed by atoms with Gasteiger partial charge in [-0.2, -0.15) is 17.5 Å². The predicted molar refractivity (Wildman–Crippen MR) is 80.3 cm³/mol. The van der Waals surface area contributed by atoms with Gasteiger partial charge < -0.3 is 0 Å². The lowest BCUT2D eigenvalue weighted by molar-refractivity contribution is -0.137. The van der Waals surface area contributed by atoms with Crippen LogP contribution in [-0.2, 0) is 16.2 Å². The molecule has 0 unspecified atom stereocenters. The van der Waals surface area contributed by atoms with Crippen LogP contribution in [-0.4, -0.2) is 25.8 Å². The lowest BCUT2D eigenvalue weighted by atomic mass is 9.76. The van der Waals surface area contributed by atoms with E-state index in [-0.39, 0.29) is 4.90 Å². The third-order valence-corrected chi connectivity index (χ3v) is 6.95. The first-order valence-corrected chi connectivity index (χ1v) is 9.40. The summed E-state index contributed by atoms with van der Waals surface area (Å²) in [6.07, 6.45) is 0.956. The lowest BCUT2D eigenvalue weighted by Gasteiger charge is -2.40. The van der Waals surface area contributed by atoms with Crippen molar-refractivity contribution in [2.24, 2.45) is 11.8 Å². The molecule has 1 aromatic carbocycles. The van der Waals surface area contributed by atoms with Crippen molar-refractivity contribution in [3.8, 4) is 0 Å². The van der Waals surface area contributed by atoms with Crippen LogP contribution in [0.4, 0.5) is 13.2 Å². The Morgan fingerprint density at radius 1 is 0.957 bits per heavy atom. The predicted octanol–water partition coefficient (Wildman–Crippen LogP) is 3.91. The number of fused-ring (bicyclic) bond motifs is 1. The SMILES string of the molecule is O=S(=O)(c1ccc(C(F)(F)F)cc1)N1CC[C@H]2CCCC[C@@H]2C1. The van der Waals surface area contributed by atoms with Crippen molar-refractivity contribution in [3.05, 3.63) is 29.8 Å². The summed E-state index contributed by atoms with van der Waals surface area (Å²) in [7, 11) is -3.71. The monoisotopic (exact) mass is 347 g/mol. The van der Waals surface area contributed by atoms with Gasteiger partial charge >= 0.3 is 6.18 Å². The van der Waals surface area contributed by atoms with Crippen LogP contribution in [0, 0.1) is 11.8 Å². The molecule has 0 radical (unpaired) electrons. The number of benzene rings is 1. The van der Waals surface area contributed by atoms with E-state index in [1.165, 1.54) is 17.1 Å². The van der Waals surface area contributed by atoms with Gasteiger partial charge in [-0.15, -0.1) is 0 Å². The van der Waals surface area contributed by atoms with Gasteiger partial charge in [0.05, 0.1) is 10.5 Å². The number of alkyl halides is 3. The minimum atomic E-state index is -4.46. The van der Waals surface area contributed by atoms with Gasteiger partial charge in [-0.05, 0) is 48.9 Å². The summed E-state index contributed by atoms with van der Waals surface area (Å²) < 4.78 is 64.6. The molecule has 3 nitrogen and oxygen atoms in total. The summed E-state index contributed by atoms with van der Waals surface area (Å²) >= 11 is 0. The molecule has 128 valence electrons. The van der Waals surface area contributed by atoms with E-state index in [1.807, 2.05) is 0 Å². The average molecular weight is 347 g/mol. The summed E-state index contributed by atoms with van der Waals surface area (Å²) in [6, 6.07) is 3.79. The van der Waals surface area contributed by atoms with Gasteiger partial charge in [0.2, 0.25) is 10.0 Å². The van der Waals surface area contributed by atoms with E-state index in [1.54, 1.807) is 0 Å². The lowest BCUT2D eigenvalue weighted by Crippen LogP contribution is -2.44. The highest BCUT2D eigenvalue weighted by Gasteiger charge is 2.37. The topological polar surface area (TPSA) is 37.4 Å². The smallest absolute Gasteiger partial charge is 0.207 e. The minimum absolute atomic E-state index is 0.0558. The zero-order valence-corrected chi connectivity index (χ0v) is 13.5. The molecule has 0 bridgehead atoms. The second kappa shape index (κ2) is 6.09. The van der Waals surface area contributed by atoms with Gasteiger partial charge in [0, 0.05) is 13.1 Å². The van der Waals surface area contributed by atoms with E-state index in [9.17, 15) is 21.6 Å². The van der Waals surface area contributed by atoms with Crippen LogP contribution in [0.3, 0.4) is 0 Å². The molecule has 0 amide bonds. The third kappa shape index (κ3) is 3.40. The molecule has 0 aromatic heterocycles. The number of halogens is 3. The molecule has 1 heterocycles. The number of rotatable bonds is 2. The van der Waals surface area contributed by atoms with Gasteiger partial charge in [-0.3, -0.25) is 0 Å².